The summed E-state index contributed by atoms with van der Waals surface area (Å²) in [6.45, 7) is 14.0. The van der Waals surface area contributed by atoms with Crippen LogP contribution in [-0.2, 0) is 0 Å². The zero-order valence-corrected chi connectivity index (χ0v) is 16.7. The first kappa shape index (κ1) is 24.1. The summed E-state index contributed by atoms with van der Waals surface area (Å²) in [5.74, 6) is 0.877. The van der Waals surface area contributed by atoms with Crippen LogP contribution < -0.4 is 0 Å². The minimum atomic E-state index is 0. The molecule has 0 aliphatic heterocycles. The van der Waals surface area contributed by atoms with Crippen LogP contribution in [0.4, 0.5) is 0 Å². The molecule has 0 amide bonds. The molecule has 0 atom stereocenters. The van der Waals surface area contributed by atoms with Gasteiger partial charge in [-0.25, -0.2) is 9.36 Å². The van der Waals surface area contributed by atoms with Crippen LogP contribution in [0.15, 0.2) is 17.8 Å². The molecule has 0 bridgehead atoms. The molecule has 0 aromatic carbocycles. The summed E-state index contributed by atoms with van der Waals surface area (Å²) in [4.78, 5) is 9.27. The maximum absolute atomic E-state index is 4.02. The fraction of sp³-hybridized carbons (Fsp3) is 0.500. The molecule has 0 aliphatic rings. The molecule has 130 valence electrons. The fourth-order valence-corrected chi connectivity index (χ4v) is 2.53. The zero-order chi connectivity index (χ0) is 17.0. The predicted molar refractivity (Wildman–Crippen MR) is 106 cm³/mol. The molecule has 0 unspecified atom stereocenters. The lowest BCUT2D eigenvalue weighted by atomic mass is 10.3. The third kappa shape index (κ3) is 12.0. The van der Waals surface area contributed by atoms with Gasteiger partial charge in [0.05, 0.1) is 5.01 Å². The van der Waals surface area contributed by atoms with Crippen LogP contribution in [0.1, 0.15) is 47.6 Å². The van der Waals surface area contributed by atoms with E-state index in [0.717, 1.165) is 15.8 Å². The fourth-order valence-electron chi connectivity index (χ4n) is 1.04. The van der Waals surface area contributed by atoms with E-state index in [1.165, 1.54) is 22.0 Å². The average molecular weight is 373 g/mol. The van der Waals surface area contributed by atoms with Gasteiger partial charge in [0.1, 0.15) is 10.8 Å². The van der Waals surface area contributed by atoms with Gasteiger partial charge in [-0.1, -0.05) is 21.3 Å². The van der Waals surface area contributed by atoms with E-state index in [1.54, 1.807) is 29.1 Å². The second-order valence-corrected chi connectivity index (χ2v) is 7.04. The summed E-state index contributed by atoms with van der Waals surface area (Å²) in [5.41, 5.74) is 1.30. The Balaban J connectivity index is 0. The van der Waals surface area contributed by atoms with Gasteiger partial charge in [0.25, 0.3) is 0 Å². The van der Waals surface area contributed by atoms with Crippen molar-refractivity contribution in [3.63, 3.8) is 0 Å². The molecule has 0 N–H and O–H groups in total. The van der Waals surface area contributed by atoms with Crippen LogP contribution in [-0.4, -0.2) is 18.7 Å². The van der Waals surface area contributed by atoms with Crippen LogP contribution >= 0.6 is 34.4 Å². The van der Waals surface area contributed by atoms with Crippen LogP contribution in [0.25, 0.3) is 0 Å². The van der Waals surface area contributed by atoms with Crippen molar-refractivity contribution in [2.45, 2.75) is 55.9 Å². The lowest BCUT2D eigenvalue weighted by Crippen LogP contribution is -1.70. The van der Waals surface area contributed by atoms with Gasteiger partial charge in [-0.2, -0.15) is 4.37 Å². The number of nitrogens with zero attached hydrogens (tertiary/aromatic N) is 4. The van der Waals surface area contributed by atoms with E-state index in [9.17, 15) is 0 Å². The Labute approximate surface area is 153 Å². The number of thiazole rings is 1. The van der Waals surface area contributed by atoms with E-state index in [4.69, 9.17) is 0 Å². The Morgan fingerprint density at radius 3 is 1.70 bits per heavy atom. The average Bonchev–Trinajstić information content (AvgIpc) is 3.21. The molecule has 23 heavy (non-hydrogen) atoms. The van der Waals surface area contributed by atoms with Gasteiger partial charge in [-0.3, -0.25) is 4.98 Å². The topological polar surface area (TPSA) is 51.6 Å². The van der Waals surface area contributed by atoms with Crippen molar-refractivity contribution in [2.75, 3.05) is 0 Å². The Kier molecular flexibility index (Phi) is 15.1. The SMILES string of the molecule is C.CC.Cc1cnsc1C.Cc1nccs1.Cc1nsc(C)n1. The Hall–Kier alpha value is -1.18. The molecule has 7 heteroatoms. The van der Waals surface area contributed by atoms with Crippen molar-refractivity contribution in [2.24, 2.45) is 0 Å². The second-order valence-electron chi connectivity index (χ2n) is 3.98. The monoisotopic (exact) mass is 372 g/mol. The first-order valence-electron chi connectivity index (χ1n) is 7.00. The van der Waals surface area contributed by atoms with Gasteiger partial charge in [-0.15, -0.1) is 11.3 Å². The van der Waals surface area contributed by atoms with Gasteiger partial charge in [0, 0.05) is 22.7 Å². The van der Waals surface area contributed by atoms with Crippen molar-refractivity contribution in [3.8, 4) is 0 Å². The molecular weight excluding hydrogens is 344 g/mol. The number of hydrogen-bond donors (Lipinski definition) is 0. The summed E-state index contributed by atoms with van der Waals surface area (Å²) in [6, 6.07) is 0. The first-order valence-corrected chi connectivity index (χ1v) is 9.42. The van der Waals surface area contributed by atoms with Crippen molar-refractivity contribution >= 4 is 34.4 Å². The molecule has 3 heterocycles. The molecule has 4 nitrogen and oxygen atoms in total. The molecule has 3 rings (SSSR count). The molecule has 0 radical (unpaired) electrons. The Morgan fingerprint density at radius 2 is 1.57 bits per heavy atom. The summed E-state index contributed by atoms with van der Waals surface area (Å²) in [7, 11) is 0. The maximum Gasteiger partial charge on any atom is 0.139 e. The number of aryl methyl sites for hydroxylation is 5. The van der Waals surface area contributed by atoms with Crippen molar-refractivity contribution in [1.29, 1.82) is 0 Å². The van der Waals surface area contributed by atoms with E-state index in [2.05, 4.69) is 32.6 Å². The highest BCUT2D eigenvalue weighted by atomic mass is 32.1. The lowest BCUT2D eigenvalue weighted by Gasteiger charge is -1.77. The highest BCUT2D eigenvalue weighted by Crippen LogP contribution is 2.08. The number of aromatic nitrogens is 4. The van der Waals surface area contributed by atoms with E-state index in [1.807, 2.05) is 46.2 Å². The van der Waals surface area contributed by atoms with E-state index < -0.39 is 0 Å². The third-order valence-corrected chi connectivity index (χ3v) is 4.40. The van der Waals surface area contributed by atoms with Crippen LogP contribution in [0.3, 0.4) is 0 Å². The largest absolute Gasteiger partial charge is 0.250 e. The van der Waals surface area contributed by atoms with Crippen LogP contribution in [0.2, 0.25) is 0 Å². The molecule has 3 aromatic rings. The highest BCUT2D eigenvalue weighted by Gasteiger charge is 1.89. The normalized spacial score (nSPS) is 8.30. The van der Waals surface area contributed by atoms with Crippen LogP contribution in [0, 0.1) is 34.6 Å². The molecule has 0 fully saturated rings. The van der Waals surface area contributed by atoms with E-state index in [0.29, 0.717) is 0 Å². The number of hydrogen-bond acceptors (Lipinski definition) is 7. The quantitative estimate of drug-likeness (QED) is 0.483. The third-order valence-electron chi connectivity index (χ3n) is 2.18. The number of rotatable bonds is 0. The van der Waals surface area contributed by atoms with Gasteiger partial charge in [0.15, 0.2) is 0 Å². The zero-order valence-electron chi connectivity index (χ0n) is 14.2. The van der Waals surface area contributed by atoms with Crippen molar-refractivity contribution < 1.29 is 0 Å². The standard InChI is InChI=1S/C5H7NS.C4H6N2S.C4H5NS.C2H6.CH4/c1-4-3-6-7-5(4)2;1-3-5-4(2)7-6-3;1-4-5-2-3-6-4;1-2;/h3H,1-2H3;1-2H3;2-3H,1H3;1-2H3;1H4. The molecule has 0 saturated carbocycles. The lowest BCUT2D eigenvalue weighted by molar-refractivity contribution is 1.13. The Morgan fingerprint density at radius 1 is 0.913 bits per heavy atom. The molecular formula is C16H28N4S3. The second kappa shape index (κ2) is 14.4. The Bertz CT molecular complexity index is 567. The minimum Gasteiger partial charge on any atom is -0.250 e. The summed E-state index contributed by atoms with van der Waals surface area (Å²) in [5, 5.41) is 4.14. The summed E-state index contributed by atoms with van der Waals surface area (Å²) < 4.78 is 7.91. The maximum atomic E-state index is 4.02. The van der Waals surface area contributed by atoms with Gasteiger partial charge >= 0.3 is 0 Å². The van der Waals surface area contributed by atoms with Crippen molar-refractivity contribution in [1.82, 2.24) is 18.7 Å². The summed E-state index contributed by atoms with van der Waals surface area (Å²) in [6.07, 6.45) is 3.69. The summed E-state index contributed by atoms with van der Waals surface area (Å²) >= 11 is 4.66. The smallest absolute Gasteiger partial charge is 0.139 e. The molecule has 0 saturated heterocycles. The van der Waals surface area contributed by atoms with E-state index >= 15 is 0 Å². The first-order chi connectivity index (χ1) is 10.5. The highest BCUT2D eigenvalue weighted by molar-refractivity contribution is 7.09. The minimum absolute atomic E-state index is 0. The van der Waals surface area contributed by atoms with Gasteiger partial charge < -0.3 is 0 Å². The van der Waals surface area contributed by atoms with Crippen molar-refractivity contribution in [3.05, 3.63) is 44.1 Å². The molecule has 3 aromatic heterocycles. The molecule has 0 spiro atoms. The molecule has 0 aliphatic carbocycles. The van der Waals surface area contributed by atoms with Gasteiger partial charge in [-0.05, 0) is 63.2 Å². The van der Waals surface area contributed by atoms with Crippen LogP contribution in [0.5, 0.6) is 0 Å². The predicted octanol–water partition coefficient (Wildman–Crippen LogP) is 6.03. The van der Waals surface area contributed by atoms with E-state index in [-0.39, 0.29) is 7.43 Å². The van der Waals surface area contributed by atoms with Gasteiger partial charge in [0.2, 0.25) is 0 Å².